The quantitative estimate of drug-likeness (QED) is 0.677. The van der Waals surface area contributed by atoms with Gasteiger partial charge in [0.1, 0.15) is 0 Å². The van der Waals surface area contributed by atoms with Crippen LogP contribution in [-0.2, 0) is 11.3 Å². The molecule has 0 aliphatic rings. The van der Waals surface area contributed by atoms with Crippen molar-refractivity contribution in [1.29, 1.82) is 0 Å². The number of amides is 1. The largest absolute Gasteiger partial charge is 0.367 e. The van der Waals surface area contributed by atoms with Crippen molar-refractivity contribution >= 4 is 5.91 Å². The summed E-state index contributed by atoms with van der Waals surface area (Å²) in [4.78, 5) is 14.8. The van der Waals surface area contributed by atoms with Gasteiger partial charge in [-0.25, -0.2) is 0 Å². The number of nitrogens with one attached hydrogen (secondary N) is 2. The molecule has 4 nitrogen and oxygen atoms in total. The lowest BCUT2D eigenvalue weighted by Crippen LogP contribution is -2.43. The highest BCUT2D eigenvalue weighted by molar-refractivity contribution is 5.82. The minimum atomic E-state index is -0.448. The number of aromatic nitrogens is 1. The molecule has 1 unspecified atom stereocenters. The Morgan fingerprint density at radius 2 is 2.40 bits per heavy atom. The zero-order valence-corrected chi connectivity index (χ0v) is 9.34. The highest BCUT2D eigenvalue weighted by Gasteiger charge is 2.29. The molecule has 4 heteroatoms. The van der Waals surface area contributed by atoms with E-state index in [1.807, 2.05) is 32.3 Å². The van der Waals surface area contributed by atoms with E-state index in [0.29, 0.717) is 13.1 Å². The molecule has 15 heavy (non-hydrogen) atoms. The zero-order valence-electron chi connectivity index (χ0n) is 9.34. The number of carbonyl (C=O) groups excluding carboxylic acids is 1. The molecular formula is C11H19N3O. The first-order valence-electron chi connectivity index (χ1n) is 5.22. The molecule has 1 aromatic rings. The monoisotopic (exact) mass is 209 g/mol. The summed E-state index contributed by atoms with van der Waals surface area (Å²) in [7, 11) is 0. The standard InChI is InChI=1S/C11H19N3O/c1-3-11(2,8-12)10(15)14-7-9-4-5-13-6-9/h4-6,13H,3,7-8,12H2,1-2H3,(H,14,15). The number of rotatable bonds is 5. The lowest BCUT2D eigenvalue weighted by molar-refractivity contribution is -0.130. The second-order valence-corrected chi connectivity index (χ2v) is 4.02. The molecule has 1 amide bonds. The molecule has 0 aliphatic carbocycles. The van der Waals surface area contributed by atoms with Crippen molar-refractivity contribution in [3.63, 3.8) is 0 Å². The van der Waals surface area contributed by atoms with Crippen LogP contribution >= 0.6 is 0 Å². The predicted octanol–water partition coefficient (Wildman–Crippen LogP) is 1.01. The van der Waals surface area contributed by atoms with Crippen LogP contribution in [0.5, 0.6) is 0 Å². The summed E-state index contributed by atoms with van der Waals surface area (Å²) in [6, 6.07) is 1.94. The number of carbonyl (C=O) groups is 1. The maximum absolute atomic E-state index is 11.8. The Kier molecular flexibility index (Phi) is 3.91. The molecule has 0 fully saturated rings. The lowest BCUT2D eigenvalue weighted by atomic mass is 9.86. The second-order valence-electron chi connectivity index (χ2n) is 4.02. The van der Waals surface area contributed by atoms with Crippen LogP contribution in [-0.4, -0.2) is 17.4 Å². The predicted molar refractivity (Wildman–Crippen MR) is 60.1 cm³/mol. The molecule has 0 saturated heterocycles. The molecule has 0 radical (unpaired) electrons. The van der Waals surface area contributed by atoms with Crippen molar-refractivity contribution in [2.24, 2.45) is 11.1 Å². The third-order valence-electron chi connectivity index (χ3n) is 2.89. The van der Waals surface area contributed by atoms with E-state index in [1.54, 1.807) is 0 Å². The molecule has 84 valence electrons. The van der Waals surface area contributed by atoms with E-state index in [-0.39, 0.29) is 5.91 Å². The first kappa shape index (κ1) is 11.8. The van der Waals surface area contributed by atoms with E-state index in [9.17, 15) is 4.79 Å². The molecule has 0 aromatic carbocycles. The fourth-order valence-corrected chi connectivity index (χ4v) is 1.26. The molecule has 1 rings (SSSR count). The molecule has 0 aliphatic heterocycles. The van der Waals surface area contributed by atoms with E-state index in [1.165, 1.54) is 0 Å². The third-order valence-corrected chi connectivity index (χ3v) is 2.89. The fourth-order valence-electron chi connectivity index (χ4n) is 1.26. The van der Waals surface area contributed by atoms with Crippen molar-refractivity contribution in [3.8, 4) is 0 Å². The Morgan fingerprint density at radius 1 is 1.67 bits per heavy atom. The first-order chi connectivity index (χ1) is 7.12. The van der Waals surface area contributed by atoms with Crippen LogP contribution in [0.3, 0.4) is 0 Å². The van der Waals surface area contributed by atoms with E-state index in [2.05, 4.69) is 10.3 Å². The summed E-state index contributed by atoms with van der Waals surface area (Å²) in [5.41, 5.74) is 6.22. The van der Waals surface area contributed by atoms with Crippen LogP contribution in [0.1, 0.15) is 25.8 Å². The topological polar surface area (TPSA) is 70.9 Å². The Balaban J connectivity index is 2.48. The highest BCUT2D eigenvalue weighted by atomic mass is 16.2. The maximum atomic E-state index is 11.8. The molecule has 1 atom stereocenters. The summed E-state index contributed by atoms with van der Waals surface area (Å²) >= 11 is 0. The number of aromatic amines is 1. The SMILES string of the molecule is CCC(C)(CN)C(=O)NCc1cc[nH]c1. The van der Waals surface area contributed by atoms with Crippen molar-refractivity contribution in [1.82, 2.24) is 10.3 Å². The van der Waals surface area contributed by atoms with Crippen molar-refractivity contribution in [2.45, 2.75) is 26.8 Å². The van der Waals surface area contributed by atoms with E-state index < -0.39 is 5.41 Å². The molecule has 0 bridgehead atoms. The first-order valence-corrected chi connectivity index (χ1v) is 5.22. The van der Waals surface area contributed by atoms with Crippen LogP contribution in [0.4, 0.5) is 0 Å². The highest BCUT2D eigenvalue weighted by Crippen LogP contribution is 2.19. The molecule has 4 N–H and O–H groups in total. The fraction of sp³-hybridized carbons (Fsp3) is 0.545. The number of hydrogen-bond donors (Lipinski definition) is 3. The van der Waals surface area contributed by atoms with E-state index in [4.69, 9.17) is 5.73 Å². The van der Waals surface area contributed by atoms with Crippen molar-refractivity contribution in [2.75, 3.05) is 6.54 Å². The van der Waals surface area contributed by atoms with E-state index in [0.717, 1.165) is 12.0 Å². The number of H-pyrrole nitrogens is 1. The molecule has 1 heterocycles. The van der Waals surface area contributed by atoms with Gasteiger partial charge in [-0.3, -0.25) is 4.79 Å². The van der Waals surface area contributed by atoms with Gasteiger partial charge in [-0.05, 0) is 25.0 Å². The Labute approximate surface area is 90.2 Å². The van der Waals surface area contributed by atoms with Crippen LogP contribution in [0, 0.1) is 5.41 Å². The maximum Gasteiger partial charge on any atom is 0.227 e. The van der Waals surface area contributed by atoms with Gasteiger partial charge in [-0.1, -0.05) is 6.92 Å². The van der Waals surface area contributed by atoms with Gasteiger partial charge in [0.05, 0.1) is 5.41 Å². The number of nitrogens with two attached hydrogens (primary N) is 1. The summed E-state index contributed by atoms with van der Waals surface area (Å²) in [5, 5.41) is 2.89. The molecule has 1 aromatic heterocycles. The van der Waals surface area contributed by atoms with Crippen molar-refractivity contribution in [3.05, 3.63) is 24.0 Å². The summed E-state index contributed by atoms with van der Waals surface area (Å²) in [6.45, 7) is 4.79. The van der Waals surface area contributed by atoms with E-state index >= 15 is 0 Å². The second kappa shape index (κ2) is 4.98. The number of hydrogen-bond acceptors (Lipinski definition) is 2. The minimum Gasteiger partial charge on any atom is -0.367 e. The molecular weight excluding hydrogens is 190 g/mol. The average Bonchev–Trinajstić information content (AvgIpc) is 2.77. The Bertz CT molecular complexity index is 302. The van der Waals surface area contributed by atoms with Crippen LogP contribution < -0.4 is 11.1 Å². The van der Waals surface area contributed by atoms with Gasteiger partial charge in [-0.2, -0.15) is 0 Å². The summed E-state index contributed by atoms with van der Waals surface area (Å²) in [6.07, 6.45) is 4.46. The van der Waals surface area contributed by atoms with Crippen LogP contribution in [0.2, 0.25) is 0 Å². The molecule has 0 saturated carbocycles. The van der Waals surface area contributed by atoms with Crippen LogP contribution in [0.25, 0.3) is 0 Å². The van der Waals surface area contributed by atoms with Gasteiger partial charge in [-0.15, -0.1) is 0 Å². The van der Waals surface area contributed by atoms with Gasteiger partial charge in [0, 0.05) is 25.5 Å². The Morgan fingerprint density at radius 3 is 2.87 bits per heavy atom. The minimum absolute atomic E-state index is 0.0219. The van der Waals surface area contributed by atoms with Gasteiger partial charge < -0.3 is 16.0 Å². The van der Waals surface area contributed by atoms with Crippen LogP contribution in [0.15, 0.2) is 18.5 Å². The van der Waals surface area contributed by atoms with Gasteiger partial charge in [0.25, 0.3) is 0 Å². The summed E-state index contributed by atoms with van der Waals surface area (Å²) in [5.74, 6) is 0.0219. The van der Waals surface area contributed by atoms with Gasteiger partial charge in [0.15, 0.2) is 0 Å². The Hall–Kier alpha value is -1.29. The normalized spacial score (nSPS) is 14.6. The smallest absolute Gasteiger partial charge is 0.227 e. The average molecular weight is 209 g/mol. The zero-order chi connectivity index (χ0) is 11.3. The van der Waals surface area contributed by atoms with Crippen molar-refractivity contribution < 1.29 is 4.79 Å². The lowest BCUT2D eigenvalue weighted by Gasteiger charge is -2.24. The summed E-state index contributed by atoms with van der Waals surface area (Å²) < 4.78 is 0. The van der Waals surface area contributed by atoms with Gasteiger partial charge in [0.2, 0.25) is 5.91 Å². The molecule has 0 spiro atoms. The third kappa shape index (κ3) is 2.83. The van der Waals surface area contributed by atoms with Gasteiger partial charge >= 0.3 is 0 Å².